The van der Waals surface area contributed by atoms with Crippen LogP contribution in [0.15, 0.2) is 24.3 Å². The van der Waals surface area contributed by atoms with Gasteiger partial charge in [-0.3, -0.25) is 9.69 Å². The maximum atomic E-state index is 11.8. The average Bonchev–Trinajstić information content (AvgIpc) is 2.44. The Bertz CT molecular complexity index is 465. The van der Waals surface area contributed by atoms with Crippen LogP contribution in [0.1, 0.15) is 12.5 Å². The van der Waals surface area contributed by atoms with Gasteiger partial charge < -0.3 is 14.8 Å². The lowest BCUT2D eigenvalue weighted by Crippen LogP contribution is -2.46. The van der Waals surface area contributed by atoms with E-state index < -0.39 is 0 Å². The second-order valence-electron chi connectivity index (χ2n) is 5.43. The van der Waals surface area contributed by atoms with Crippen LogP contribution in [-0.2, 0) is 9.53 Å². The molecule has 1 aromatic carbocycles. The molecule has 0 spiro atoms. The van der Waals surface area contributed by atoms with Crippen molar-refractivity contribution in [2.24, 2.45) is 0 Å². The van der Waals surface area contributed by atoms with Crippen molar-refractivity contribution in [3.8, 4) is 5.75 Å². The quantitative estimate of drug-likeness (QED) is 0.801. The minimum atomic E-state index is 0.0388. The number of ether oxygens (including phenoxy) is 2. The van der Waals surface area contributed by atoms with Crippen molar-refractivity contribution >= 4 is 5.91 Å². The molecule has 116 valence electrons. The lowest BCUT2D eigenvalue weighted by Gasteiger charge is -2.30. The number of carbonyl (C=O) groups is 1. The molecule has 2 rings (SSSR count). The predicted molar refractivity (Wildman–Crippen MR) is 81.5 cm³/mol. The standard InChI is InChI=1S/C16H24N2O3/c1-13-4-3-5-15(10-13)21-8-6-17-16(19)12-18-7-9-20-14(2)11-18/h3-5,10,14H,6-9,11-12H2,1-2H3,(H,17,19)/t14-/m1/s1. The Kier molecular flexibility index (Phi) is 6.02. The molecule has 1 atom stereocenters. The molecule has 0 saturated carbocycles. The summed E-state index contributed by atoms with van der Waals surface area (Å²) >= 11 is 0. The number of benzene rings is 1. The largest absolute Gasteiger partial charge is 0.492 e. The maximum absolute atomic E-state index is 11.8. The van der Waals surface area contributed by atoms with E-state index in [9.17, 15) is 4.79 Å². The molecule has 1 fully saturated rings. The molecule has 0 unspecified atom stereocenters. The van der Waals surface area contributed by atoms with Crippen LogP contribution in [0.5, 0.6) is 5.75 Å². The van der Waals surface area contributed by atoms with Gasteiger partial charge in [0.1, 0.15) is 12.4 Å². The Balaban J connectivity index is 1.61. The highest BCUT2D eigenvalue weighted by atomic mass is 16.5. The highest BCUT2D eigenvalue weighted by Crippen LogP contribution is 2.11. The van der Waals surface area contributed by atoms with E-state index in [0.29, 0.717) is 26.3 Å². The summed E-state index contributed by atoms with van der Waals surface area (Å²) in [5.41, 5.74) is 1.16. The van der Waals surface area contributed by atoms with Crippen molar-refractivity contribution in [3.05, 3.63) is 29.8 Å². The van der Waals surface area contributed by atoms with Crippen LogP contribution in [0.3, 0.4) is 0 Å². The van der Waals surface area contributed by atoms with Gasteiger partial charge >= 0.3 is 0 Å². The molecule has 21 heavy (non-hydrogen) atoms. The van der Waals surface area contributed by atoms with Gasteiger partial charge in [-0.25, -0.2) is 0 Å². The first kappa shape index (κ1) is 15.8. The third-order valence-corrected chi connectivity index (χ3v) is 3.37. The summed E-state index contributed by atoms with van der Waals surface area (Å²) in [4.78, 5) is 14.0. The second-order valence-corrected chi connectivity index (χ2v) is 5.43. The van der Waals surface area contributed by atoms with E-state index in [4.69, 9.17) is 9.47 Å². The SMILES string of the molecule is Cc1cccc(OCCNC(=O)CN2CCO[C@H](C)C2)c1. The fourth-order valence-corrected chi connectivity index (χ4v) is 2.36. The van der Waals surface area contributed by atoms with Gasteiger partial charge in [-0.05, 0) is 31.5 Å². The van der Waals surface area contributed by atoms with Crippen LogP contribution >= 0.6 is 0 Å². The monoisotopic (exact) mass is 292 g/mol. The van der Waals surface area contributed by atoms with Gasteiger partial charge in [-0.2, -0.15) is 0 Å². The summed E-state index contributed by atoms with van der Waals surface area (Å²) in [7, 11) is 0. The average molecular weight is 292 g/mol. The third kappa shape index (κ3) is 5.73. The predicted octanol–water partition coefficient (Wildman–Crippen LogP) is 1.21. The van der Waals surface area contributed by atoms with Gasteiger partial charge in [0.2, 0.25) is 5.91 Å². The zero-order valence-corrected chi connectivity index (χ0v) is 12.8. The topological polar surface area (TPSA) is 50.8 Å². The first-order chi connectivity index (χ1) is 10.1. The lowest BCUT2D eigenvalue weighted by molar-refractivity contribution is -0.124. The number of morpholine rings is 1. The van der Waals surface area contributed by atoms with Crippen molar-refractivity contribution in [1.29, 1.82) is 0 Å². The summed E-state index contributed by atoms with van der Waals surface area (Å²) in [6.45, 7) is 7.81. The number of hydrogen-bond donors (Lipinski definition) is 1. The number of carbonyl (C=O) groups excluding carboxylic acids is 1. The van der Waals surface area contributed by atoms with Gasteiger partial charge in [-0.15, -0.1) is 0 Å². The maximum Gasteiger partial charge on any atom is 0.234 e. The smallest absolute Gasteiger partial charge is 0.234 e. The third-order valence-electron chi connectivity index (χ3n) is 3.37. The number of aryl methyl sites for hydroxylation is 1. The Morgan fingerprint density at radius 2 is 2.38 bits per heavy atom. The van der Waals surface area contributed by atoms with E-state index in [1.807, 2.05) is 38.1 Å². The molecule has 0 radical (unpaired) electrons. The zero-order valence-electron chi connectivity index (χ0n) is 12.8. The molecule has 1 aliphatic heterocycles. The van der Waals surface area contributed by atoms with E-state index in [2.05, 4.69) is 10.2 Å². The molecule has 1 saturated heterocycles. The van der Waals surface area contributed by atoms with Gasteiger partial charge in [0, 0.05) is 13.1 Å². The molecule has 0 aromatic heterocycles. The molecule has 5 heteroatoms. The van der Waals surface area contributed by atoms with Crippen LogP contribution in [-0.4, -0.2) is 56.3 Å². The summed E-state index contributed by atoms with van der Waals surface area (Å²) in [5.74, 6) is 0.878. The Labute approximate surface area is 126 Å². The molecular formula is C16H24N2O3. The van der Waals surface area contributed by atoms with Crippen molar-refractivity contribution < 1.29 is 14.3 Å². The Morgan fingerprint density at radius 3 is 3.14 bits per heavy atom. The number of rotatable bonds is 6. The Hall–Kier alpha value is -1.59. The second kappa shape index (κ2) is 8.00. The van der Waals surface area contributed by atoms with Gasteiger partial charge in [0.15, 0.2) is 0 Å². The van der Waals surface area contributed by atoms with Gasteiger partial charge in [0.25, 0.3) is 0 Å². The highest BCUT2D eigenvalue weighted by molar-refractivity contribution is 5.78. The number of nitrogens with zero attached hydrogens (tertiary/aromatic N) is 1. The minimum Gasteiger partial charge on any atom is -0.492 e. The molecule has 1 amide bonds. The summed E-state index contributed by atoms with van der Waals surface area (Å²) in [6, 6.07) is 7.89. The first-order valence-electron chi connectivity index (χ1n) is 7.43. The highest BCUT2D eigenvalue weighted by Gasteiger charge is 2.18. The summed E-state index contributed by atoms with van der Waals surface area (Å²) in [5, 5.41) is 2.88. The summed E-state index contributed by atoms with van der Waals surface area (Å²) in [6.07, 6.45) is 0.205. The van der Waals surface area contributed by atoms with Gasteiger partial charge in [-0.1, -0.05) is 12.1 Å². The minimum absolute atomic E-state index is 0.0388. The van der Waals surface area contributed by atoms with E-state index >= 15 is 0 Å². The van der Waals surface area contributed by atoms with Crippen molar-refractivity contribution in [1.82, 2.24) is 10.2 Å². The zero-order chi connectivity index (χ0) is 15.1. The van der Waals surface area contributed by atoms with Crippen LogP contribution in [0, 0.1) is 6.92 Å². The molecule has 0 bridgehead atoms. The fraction of sp³-hybridized carbons (Fsp3) is 0.562. The molecule has 1 heterocycles. The molecule has 1 aliphatic rings. The molecular weight excluding hydrogens is 268 g/mol. The van der Waals surface area contributed by atoms with Crippen LogP contribution in [0.25, 0.3) is 0 Å². The van der Waals surface area contributed by atoms with E-state index in [0.717, 1.165) is 24.4 Å². The van der Waals surface area contributed by atoms with Gasteiger partial charge in [0.05, 0.1) is 25.8 Å². The first-order valence-corrected chi connectivity index (χ1v) is 7.43. The van der Waals surface area contributed by atoms with E-state index in [-0.39, 0.29) is 12.0 Å². The van der Waals surface area contributed by atoms with Crippen LogP contribution in [0.4, 0.5) is 0 Å². The number of amides is 1. The van der Waals surface area contributed by atoms with E-state index in [1.54, 1.807) is 0 Å². The Morgan fingerprint density at radius 1 is 1.52 bits per heavy atom. The van der Waals surface area contributed by atoms with Crippen LogP contribution in [0.2, 0.25) is 0 Å². The lowest BCUT2D eigenvalue weighted by atomic mass is 10.2. The molecule has 1 aromatic rings. The number of hydrogen-bond acceptors (Lipinski definition) is 4. The summed E-state index contributed by atoms with van der Waals surface area (Å²) < 4.78 is 11.0. The number of nitrogens with one attached hydrogen (secondary N) is 1. The van der Waals surface area contributed by atoms with Crippen LogP contribution < -0.4 is 10.1 Å². The van der Waals surface area contributed by atoms with Crippen molar-refractivity contribution in [2.45, 2.75) is 20.0 Å². The van der Waals surface area contributed by atoms with Crippen molar-refractivity contribution in [3.63, 3.8) is 0 Å². The molecule has 0 aliphatic carbocycles. The van der Waals surface area contributed by atoms with E-state index in [1.165, 1.54) is 0 Å². The molecule has 1 N–H and O–H groups in total. The normalized spacial score (nSPS) is 19.2. The molecule has 5 nitrogen and oxygen atoms in total. The fourth-order valence-electron chi connectivity index (χ4n) is 2.36. The van der Waals surface area contributed by atoms with Crippen molar-refractivity contribution in [2.75, 3.05) is 39.4 Å².